The number of nitro groups is 1. The first-order valence-corrected chi connectivity index (χ1v) is 11.3. The fourth-order valence-corrected chi connectivity index (χ4v) is 4.77. The smallest absolute Gasteiger partial charge is 0.297 e. The van der Waals surface area contributed by atoms with E-state index in [0.29, 0.717) is 12.0 Å². The summed E-state index contributed by atoms with van der Waals surface area (Å²) in [5, 5.41) is 13.2. The SMILES string of the molecule is CCCOc1c(C(=O)c2ccccc2)ccc([N+](=O)[O-])c1NS(=O)(=O)c1cccs1. The zero-order valence-corrected chi connectivity index (χ0v) is 17.5. The van der Waals surface area contributed by atoms with E-state index in [0.717, 1.165) is 17.4 Å². The molecule has 0 atom stereocenters. The molecule has 3 rings (SSSR count). The van der Waals surface area contributed by atoms with Gasteiger partial charge in [-0.1, -0.05) is 43.3 Å². The second kappa shape index (κ2) is 9.06. The van der Waals surface area contributed by atoms with Crippen LogP contribution in [0.25, 0.3) is 0 Å². The highest BCUT2D eigenvalue weighted by atomic mass is 32.2. The van der Waals surface area contributed by atoms with Crippen molar-refractivity contribution >= 4 is 38.5 Å². The van der Waals surface area contributed by atoms with E-state index >= 15 is 0 Å². The number of nitrogens with one attached hydrogen (secondary N) is 1. The Bertz CT molecular complexity index is 1160. The van der Waals surface area contributed by atoms with E-state index in [-0.39, 0.29) is 27.8 Å². The molecule has 156 valence electrons. The minimum atomic E-state index is -4.11. The molecule has 10 heteroatoms. The van der Waals surface area contributed by atoms with Crippen molar-refractivity contribution < 1.29 is 22.9 Å². The molecule has 30 heavy (non-hydrogen) atoms. The van der Waals surface area contributed by atoms with Gasteiger partial charge in [0.1, 0.15) is 4.21 Å². The third kappa shape index (κ3) is 4.50. The fraction of sp³-hybridized carbons (Fsp3) is 0.150. The lowest BCUT2D eigenvalue weighted by Gasteiger charge is -2.16. The number of benzene rings is 2. The van der Waals surface area contributed by atoms with E-state index in [4.69, 9.17) is 4.74 Å². The Labute approximate surface area is 177 Å². The van der Waals surface area contributed by atoms with E-state index in [2.05, 4.69) is 4.72 Å². The molecular weight excluding hydrogens is 428 g/mol. The number of hydrogen-bond donors (Lipinski definition) is 1. The Kier molecular flexibility index (Phi) is 6.48. The molecule has 0 saturated carbocycles. The molecule has 0 spiro atoms. The third-order valence-corrected chi connectivity index (χ3v) is 6.81. The number of sulfonamides is 1. The Morgan fingerprint density at radius 3 is 2.47 bits per heavy atom. The molecule has 3 aromatic rings. The van der Waals surface area contributed by atoms with Crippen molar-refractivity contribution in [2.45, 2.75) is 17.6 Å². The molecule has 0 fully saturated rings. The number of ketones is 1. The summed E-state index contributed by atoms with van der Waals surface area (Å²) < 4.78 is 33.4. The van der Waals surface area contributed by atoms with Crippen LogP contribution < -0.4 is 9.46 Å². The summed E-state index contributed by atoms with van der Waals surface area (Å²) in [6.45, 7) is 1.97. The van der Waals surface area contributed by atoms with Crippen molar-refractivity contribution in [3.63, 3.8) is 0 Å². The van der Waals surface area contributed by atoms with Crippen LogP contribution in [0, 0.1) is 10.1 Å². The van der Waals surface area contributed by atoms with E-state index in [1.54, 1.807) is 41.8 Å². The van der Waals surface area contributed by atoms with Gasteiger partial charge in [-0.15, -0.1) is 11.3 Å². The van der Waals surface area contributed by atoms with Crippen molar-refractivity contribution in [3.05, 3.63) is 81.2 Å². The van der Waals surface area contributed by atoms with Gasteiger partial charge in [0, 0.05) is 11.6 Å². The number of carbonyl (C=O) groups excluding carboxylic acids is 1. The Hall–Kier alpha value is -3.24. The van der Waals surface area contributed by atoms with Crippen LogP contribution in [0.15, 0.2) is 64.2 Å². The zero-order valence-electron chi connectivity index (χ0n) is 15.9. The molecule has 0 aliphatic heterocycles. The summed E-state index contributed by atoms with van der Waals surface area (Å²) in [6.07, 6.45) is 0.554. The van der Waals surface area contributed by atoms with Gasteiger partial charge in [0.25, 0.3) is 15.7 Å². The number of ether oxygens (including phenoxy) is 1. The van der Waals surface area contributed by atoms with Gasteiger partial charge < -0.3 is 4.74 Å². The summed E-state index contributed by atoms with van der Waals surface area (Å²) in [4.78, 5) is 23.9. The van der Waals surface area contributed by atoms with E-state index in [1.807, 2.05) is 6.92 Å². The summed E-state index contributed by atoms with van der Waals surface area (Å²) in [6, 6.07) is 13.6. The van der Waals surface area contributed by atoms with Crippen LogP contribution in [0.1, 0.15) is 29.3 Å². The van der Waals surface area contributed by atoms with Crippen molar-refractivity contribution in [2.75, 3.05) is 11.3 Å². The zero-order chi connectivity index (χ0) is 21.7. The minimum absolute atomic E-state index is 0.0157. The van der Waals surface area contributed by atoms with Gasteiger partial charge in [0.05, 0.1) is 17.1 Å². The maximum atomic E-state index is 13.0. The average Bonchev–Trinajstić information content (AvgIpc) is 3.28. The van der Waals surface area contributed by atoms with Crippen LogP contribution in [0.5, 0.6) is 5.75 Å². The molecule has 0 bridgehead atoms. The molecule has 1 aromatic heterocycles. The van der Waals surface area contributed by atoms with Crippen LogP contribution in [-0.4, -0.2) is 25.7 Å². The molecule has 1 N–H and O–H groups in total. The maximum Gasteiger partial charge on any atom is 0.297 e. The highest BCUT2D eigenvalue weighted by Gasteiger charge is 2.30. The molecule has 0 aliphatic rings. The van der Waals surface area contributed by atoms with Crippen LogP contribution in [0.3, 0.4) is 0 Å². The first-order valence-electron chi connectivity index (χ1n) is 8.95. The lowest BCUT2D eigenvalue weighted by molar-refractivity contribution is -0.384. The molecule has 1 heterocycles. The van der Waals surface area contributed by atoms with Gasteiger partial charge >= 0.3 is 0 Å². The molecule has 2 aromatic carbocycles. The molecular formula is C20H18N2O6S2. The summed E-state index contributed by atoms with van der Waals surface area (Å²) in [5.41, 5.74) is -0.502. The quantitative estimate of drug-likeness (QED) is 0.294. The van der Waals surface area contributed by atoms with Gasteiger partial charge in [0.15, 0.2) is 17.2 Å². The number of thiophene rings is 1. The monoisotopic (exact) mass is 446 g/mol. The van der Waals surface area contributed by atoms with Gasteiger partial charge in [-0.25, -0.2) is 8.42 Å². The number of hydrogen-bond acceptors (Lipinski definition) is 7. The third-order valence-electron chi connectivity index (χ3n) is 4.06. The number of nitro benzene ring substituents is 1. The largest absolute Gasteiger partial charge is 0.490 e. The van der Waals surface area contributed by atoms with Crippen LogP contribution in [0.4, 0.5) is 11.4 Å². The average molecular weight is 447 g/mol. The number of anilines is 1. The standard InChI is InChI=1S/C20H18N2O6S2/c1-2-12-28-20-15(19(23)14-7-4-3-5-8-14)10-11-16(22(24)25)18(20)21-30(26,27)17-9-6-13-29-17/h3-11,13,21H,2,12H2,1H3. The summed E-state index contributed by atoms with van der Waals surface area (Å²) >= 11 is 0.966. The highest BCUT2D eigenvalue weighted by molar-refractivity contribution is 7.94. The lowest BCUT2D eigenvalue weighted by Crippen LogP contribution is -2.16. The normalized spacial score (nSPS) is 11.1. The topological polar surface area (TPSA) is 116 Å². The Morgan fingerprint density at radius 2 is 1.87 bits per heavy atom. The molecule has 0 radical (unpaired) electrons. The van der Waals surface area contributed by atoms with Gasteiger partial charge in [-0.05, 0) is 23.9 Å². The number of nitrogens with zero attached hydrogens (tertiary/aromatic N) is 1. The van der Waals surface area contributed by atoms with Crippen LogP contribution in [0.2, 0.25) is 0 Å². The lowest BCUT2D eigenvalue weighted by atomic mass is 10.0. The van der Waals surface area contributed by atoms with Gasteiger partial charge in [0.2, 0.25) is 0 Å². The van der Waals surface area contributed by atoms with Crippen molar-refractivity contribution in [1.82, 2.24) is 0 Å². The van der Waals surface area contributed by atoms with Crippen molar-refractivity contribution in [1.29, 1.82) is 0 Å². The predicted octanol–water partition coefficient (Wildman–Crippen LogP) is 4.48. The second-order valence-corrected chi connectivity index (χ2v) is 9.03. The molecule has 8 nitrogen and oxygen atoms in total. The van der Waals surface area contributed by atoms with Crippen LogP contribution >= 0.6 is 11.3 Å². The van der Waals surface area contributed by atoms with Gasteiger partial charge in [-0.2, -0.15) is 0 Å². The van der Waals surface area contributed by atoms with Gasteiger partial charge in [-0.3, -0.25) is 19.6 Å². The van der Waals surface area contributed by atoms with Crippen LogP contribution in [-0.2, 0) is 10.0 Å². The minimum Gasteiger partial charge on any atom is -0.490 e. The Balaban J connectivity index is 2.19. The molecule has 0 aliphatic carbocycles. The van der Waals surface area contributed by atoms with E-state index < -0.39 is 26.4 Å². The van der Waals surface area contributed by atoms with Crippen molar-refractivity contribution in [2.24, 2.45) is 0 Å². The second-order valence-electron chi connectivity index (χ2n) is 6.17. The molecule has 0 unspecified atom stereocenters. The molecule has 0 saturated heterocycles. The number of carbonyl (C=O) groups is 1. The first kappa shape index (κ1) is 21.5. The summed E-state index contributed by atoms with van der Waals surface area (Å²) in [7, 11) is -4.11. The predicted molar refractivity (Wildman–Crippen MR) is 114 cm³/mol. The molecule has 0 amide bonds. The van der Waals surface area contributed by atoms with E-state index in [9.17, 15) is 23.3 Å². The fourth-order valence-electron chi connectivity index (χ4n) is 2.70. The highest BCUT2D eigenvalue weighted by Crippen LogP contribution is 2.40. The number of rotatable bonds is 9. The Morgan fingerprint density at radius 1 is 1.13 bits per heavy atom. The van der Waals surface area contributed by atoms with Crippen molar-refractivity contribution in [3.8, 4) is 5.75 Å². The van der Waals surface area contributed by atoms with E-state index in [1.165, 1.54) is 12.1 Å². The maximum absolute atomic E-state index is 13.0. The first-order chi connectivity index (χ1) is 14.3. The summed E-state index contributed by atoms with van der Waals surface area (Å²) in [5.74, 6) is -0.604.